The molecule has 2 bridgehead atoms. The molecule has 0 aromatic rings. The van der Waals surface area contributed by atoms with Crippen LogP contribution in [-0.4, -0.2) is 62.9 Å². The second-order valence-electron chi connectivity index (χ2n) is 3.64. The highest BCUT2D eigenvalue weighted by Gasteiger charge is 2.51. The number of nitrogens with two attached hydrogens (primary N) is 1. The summed E-state index contributed by atoms with van der Waals surface area (Å²) in [5.41, 5.74) is 5.38. The van der Waals surface area contributed by atoms with Gasteiger partial charge in [-0.05, 0) is 0 Å². The van der Waals surface area contributed by atoms with Crippen LogP contribution in [0.4, 0.5) is 0 Å². The lowest BCUT2D eigenvalue weighted by Gasteiger charge is -2.45. The number of aliphatic hydroxyl groups is 4. The van der Waals surface area contributed by atoms with Crippen LogP contribution >= 0.6 is 0 Å². The molecular formula is C7H13N3O4. The number of guanidine groups is 1. The van der Waals surface area contributed by atoms with Crippen molar-refractivity contribution in [2.45, 2.75) is 36.5 Å². The fraction of sp³-hybridized carbons (Fsp3) is 0.857. The maximum atomic E-state index is 9.61. The van der Waals surface area contributed by atoms with Crippen molar-refractivity contribution in [1.29, 1.82) is 0 Å². The molecule has 80 valence electrons. The minimum Gasteiger partial charge on any atom is -0.389 e. The van der Waals surface area contributed by atoms with Crippen molar-refractivity contribution < 1.29 is 20.4 Å². The molecule has 1 saturated carbocycles. The Hall–Kier alpha value is -0.890. The van der Waals surface area contributed by atoms with Gasteiger partial charge in [-0.25, -0.2) is 4.99 Å². The van der Waals surface area contributed by atoms with E-state index in [1.807, 2.05) is 0 Å². The van der Waals surface area contributed by atoms with Gasteiger partial charge in [0.25, 0.3) is 0 Å². The number of aliphatic hydroxyl groups excluding tert-OH is 4. The molecule has 0 radical (unpaired) electrons. The van der Waals surface area contributed by atoms with Crippen molar-refractivity contribution in [2.75, 3.05) is 0 Å². The van der Waals surface area contributed by atoms with Crippen LogP contribution in [0.25, 0.3) is 0 Å². The molecule has 0 spiro atoms. The largest absolute Gasteiger partial charge is 0.389 e. The van der Waals surface area contributed by atoms with Gasteiger partial charge in [-0.15, -0.1) is 0 Å². The molecule has 7 nitrogen and oxygen atoms in total. The van der Waals surface area contributed by atoms with Gasteiger partial charge in [0.1, 0.15) is 30.5 Å². The van der Waals surface area contributed by atoms with Crippen LogP contribution in [-0.2, 0) is 0 Å². The lowest BCUT2D eigenvalue weighted by Crippen LogP contribution is -2.71. The van der Waals surface area contributed by atoms with Crippen LogP contribution in [0.5, 0.6) is 0 Å². The summed E-state index contributed by atoms with van der Waals surface area (Å²) < 4.78 is 0. The molecule has 1 aliphatic heterocycles. The molecule has 2 rings (SSSR count). The van der Waals surface area contributed by atoms with Crippen molar-refractivity contribution in [3.63, 3.8) is 0 Å². The zero-order valence-corrected chi connectivity index (χ0v) is 7.28. The number of hydrogen-bond acceptors (Lipinski definition) is 7. The highest BCUT2D eigenvalue weighted by atomic mass is 16.4. The van der Waals surface area contributed by atoms with Gasteiger partial charge < -0.3 is 31.5 Å². The van der Waals surface area contributed by atoms with E-state index in [9.17, 15) is 20.4 Å². The summed E-state index contributed by atoms with van der Waals surface area (Å²) in [6, 6.07) is -1.66. The monoisotopic (exact) mass is 203 g/mol. The van der Waals surface area contributed by atoms with E-state index in [0.717, 1.165) is 0 Å². The van der Waals surface area contributed by atoms with Crippen LogP contribution in [0.2, 0.25) is 0 Å². The molecule has 1 heterocycles. The van der Waals surface area contributed by atoms with E-state index in [1.54, 1.807) is 0 Å². The van der Waals surface area contributed by atoms with Gasteiger partial charge in [0.2, 0.25) is 0 Å². The van der Waals surface area contributed by atoms with Gasteiger partial charge in [-0.2, -0.15) is 0 Å². The molecule has 1 fully saturated rings. The van der Waals surface area contributed by atoms with E-state index in [-0.39, 0.29) is 5.96 Å². The average molecular weight is 203 g/mol. The molecule has 0 saturated heterocycles. The van der Waals surface area contributed by atoms with Gasteiger partial charge in [0.05, 0.1) is 6.04 Å². The maximum Gasteiger partial charge on any atom is 0.189 e. The summed E-state index contributed by atoms with van der Waals surface area (Å²) in [6.07, 6.45) is -4.92. The van der Waals surface area contributed by atoms with Crippen molar-refractivity contribution in [1.82, 2.24) is 5.32 Å². The van der Waals surface area contributed by atoms with Gasteiger partial charge in [0, 0.05) is 0 Å². The van der Waals surface area contributed by atoms with Gasteiger partial charge >= 0.3 is 0 Å². The van der Waals surface area contributed by atoms with E-state index in [0.29, 0.717) is 0 Å². The first kappa shape index (κ1) is 9.66. The smallest absolute Gasteiger partial charge is 0.189 e. The predicted octanol–water partition coefficient (Wildman–Crippen LogP) is -3.90. The summed E-state index contributed by atoms with van der Waals surface area (Å²) in [4.78, 5) is 3.76. The number of hydrogen-bond donors (Lipinski definition) is 6. The van der Waals surface area contributed by atoms with Crippen LogP contribution in [0.1, 0.15) is 0 Å². The van der Waals surface area contributed by atoms with Gasteiger partial charge in [0.15, 0.2) is 5.96 Å². The Morgan fingerprint density at radius 1 is 1.00 bits per heavy atom. The Morgan fingerprint density at radius 3 is 2.29 bits per heavy atom. The van der Waals surface area contributed by atoms with Crippen molar-refractivity contribution >= 4 is 5.96 Å². The second-order valence-corrected chi connectivity index (χ2v) is 3.64. The summed E-state index contributed by atoms with van der Waals surface area (Å²) >= 11 is 0. The molecule has 14 heavy (non-hydrogen) atoms. The van der Waals surface area contributed by atoms with Crippen LogP contribution in [0, 0.1) is 0 Å². The quantitative estimate of drug-likeness (QED) is 0.238. The third-order valence-electron chi connectivity index (χ3n) is 2.74. The zero-order chi connectivity index (χ0) is 10.5. The Morgan fingerprint density at radius 2 is 1.64 bits per heavy atom. The topological polar surface area (TPSA) is 131 Å². The molecule has 2 aliphatic rings. The first-order valence-electron chi connectivity index (χ1n) is 4.34. The van der Waals surface area contributed by atoms with Crippen LogP contribution in [0.3, 0.4) is 0 Å². The Labute approximate surface area is 79.9 Å². The molecule has 6 unspecified atom stereocenters. The lowest BCUT2D eigenvalue weighted by molar-refractivity contribution is -0.144. The number of fused-ring (bicyclic) bond motifs is 2. The lowest BCUT2D eigenvalue weighted by atomic mass is 9.81. The van der Waals surface area contributed by atoms with Crippen LogP contribution < -0.4 is 11.1 Å². The number of aliphatic imine (C=N–C) groups is 1. The SMILES string of the molecule is NC1=NC2C(O)C(O)C(O)C(N1)C2O. The van der Waals surface area contributed by atoms with E-state index >= 15 is 0 Å². The molecular weight excluding hydrogens is 190 g/mol. The molecule has 6 atom stereocenters. The first-order valence-corrected chi connectivity index (χ1v) is 4.34. The minimum absolute atomic E-state index is 0.0512. The zero-order valence-electron chi connectivity index (χ0n) is 7.28. The maximum absolute atomic E-state index is 9.61. The van der Waals surface area contributed by atoms with Crippen LogP contribution in [0.15, 0.2) is 4.99 Å². The highest BCUT2D eigenvalue weighted by molar-refractivity contribution is 5.79. The Bertz CT molecular complexity index is 272. The first-order chi connectivity index (χ1) is 6.52. The molecule has 0 aromatic heterocycles. The second kappa shape index (κ2) is 3.06. The Kier molecular flexibility index (Phi) is 2.11. The minimum atomic E-state index is -1.32. The van der Waals surface area contributed by atoms with E-state index in [2.05, 4.69) is 10.3 Å². The third-order valence-corrected chi connectivity index (χ3v) is 2.74. The summed E-state index contributed by atoms with van der Waals surface area (Å²) in [7, 11) is 0. The standard InChI is InChI=1S/C7H13N3O4/c8-7-9-1-3(11)2(10-7)5(13)6(14)4(1)12/h1-6,11-14H,(H3,8,9,10). The highest BCUT2D eigenvalue weighted by Crippen LogP contribution is 2.25. The normalized spacial score (nSPS) is 52.1. The van der Waals surface area contributed by atoms with E-state index < -0.39 is 36.5 Å². The number of nitrogens with zero attached hydrogens (tertiary/aromatic N) is 1. The fourth-order valence-corrected chi connectivity index (χ4v) is 1.93. The van der Waals surface area contributed by atoms with Gasteiger partial charge in [-0.1, -0.05) is 0 Å². The Balaban J connectivity index is 2.34. The fourth-order valence-electron chi connectivity index (χ4n) is 1.93. The molecule has 0 aromatic carbocycles. The molecule has 0 amide bonds. The molecule has 7 N–H and O–H groups in total. The summed E-state index contributed by atoms with van der Waals surface area (Å²) in [6.45, 7) is 0. The summed E-state index contributed by atoms with van der Waals surface area (Å²) in [5, 5.41) is 40.6. The van der Waals surface area contributed by atoms with E-state index in [4.69, 9.17) is 5.73 Å². The summed E-state index contributed by atoms with van der Waals surface area (Å²) in [5.74, 6) is 0.0512. The average Bonchev–Trinajstić information content (AvgIpc) is 2.16. The molecule has 1 aliphatic carbocycles. The predicted molar refractivity (Wildman–Crippen MR) is 46.4 cm³/mol. The third kappa shape index (κ3) is 1.17. The number of nitrogens with one attached hydrogen (secondary N) is 1. The molecule has 7 heteroatoms. The van der Waals surface area contributed by atoms with Crippen molar-refractivity contribution in [3.05, 3.63) is 0 Å². The van der Waals surface area contributed by atoms with E-state index in [1.165, 1.54) is 0 Å². The van der Waals surface area contributed by atoms with Gasteiger partial charge in [-0.3, -0.25) is 0 Å². The number of rotatable bonds is 0. The van der Waals surface area contributed by atoms with Crippen molar-refractivity contribution in [2.24, 2.45) is 10.7 Å². The van der Waals surface area contributed by atoms with Crippen molar-refractivity contribution in [3.8, 4) is 0 Å².